The second kappa shape index (κ2) is 10.3. The van der Waals surface area contributed by atoms with Crippen LogP contribution in [0.25, 0.3) is 5.82 Å². The number of primary amides is 1. The maximum Gasteiger partial charge on any atom is 0.416 e. The van der Waals surface area contributed by atoms with Gasteiger partial charge in [0.2, 0.25) is 11.9 Å². The predicted molar refractivity (Wildman–Crippen MR) is 143 cm³/mol. The van der Waals surface area contributed by atoms with Gasteiger partial charge in [0.1, 0.15) is 18.5 Å². The Morgan fingerprint density at radius 2 is 1.77 bits per heavy atom. The van der Waals surface area contributed by atoms with E-state index in [1.165, 1.54) is 29.5 Å². The highest BCUT2D eigenvalue weighted by Gasteiger charge is 2.42. The fraction of sp³-hybridized carbons (Fsp3) is 0.346. The zero-order valence-electron chi connectivity index (χ0n) is 22.0. The van der Waals surface area contributed by atoms with Gasteiger partial charge in [0, 0.05) is 49.9 Å². The van der Waals surface area contributed by atoms with E-state index >= 15 is 0 Å². The molecule has 0 bridgehead atoms. The van der Waals surface area contributed by atoms with E-state index in [0.29, 0.717) is 48.8 Å². The van der Waals surface area contributed by atoms with Gasteiger partial charge in [-0.05, 0) is 43.3 Å². The lowest BCUT2D eigenvalue weighted by atomic mass is 9.74. The molecule has 0 radical (unpaired) electrons. The highest BCUT2D eigenvalue weighted by molar-refractivity contribution is 5.93. The molecular weight excluding hydrogens is 525 g/mol. The third kappa shape index (κ3) is 5.21. The van der Waals surface area contributed by atoms with Crippen LogP contribution in [0.1, 0.15) is 24.5 Å². The predicted octanol–water partition coefficient (Wildman–Crippen LogP) is 2.48. The van der Waals surface area contributed by atoms with Crippen molar-refractivity contribution in [1.29, 1.82) is 0 Å². The first-order chi connectivity index (χ1) is 19.0. The molecule has 5 rings (SSSR count). The third-order valence-electron chi connectivity index (χ3n) is 7.35. The van der Waals surface area contributed by atoms with Crippen molar-refractivity contribution in [3.63, 3.8) is 0 Å². The number of aromatic nitrogens is 5. The minimum atomic E-state index is -4.61. The van der Waals surface area contributed by atoms with Gasteiger partial charge in [-0.3, -0.25) is 4.79 Å². The molecule has 1 fully saturated rings. The van der Waals surface area contributed by atoms with Gasteiger partial charge in [-0.15, -0.1) is 0 Å². The number of amides is 1. The Morgan fingerprint density at radius 1 is 1.02 bits per heavy atom. The number of carbonyl (C=O) groups excluding carboxylic acids is 1. The molecule has 1 aromatic carbocycles. The number of carbonyl (C=O) groups is 1. The molecule has 1 atom stereocenters. The first-order valence-corrected chi connectivity index (χ1v) is 12.6. The normalized spacial score (nSPS) is 20.2. The van der Waals surface area contributed by atoms with E-state index in [1.54, 1.807) is 25.1 Å². The molecule has 40 heavy (non-hydrogen) atoms. The van der Waals surface area contributed by atoms with E-state index in [9.17, 15) is 18.0 Å². The lowest BCUT2D eigenvalue weighted by molar-refractivity contribution is -0.137. The molecule has 1 unspecified atom stereocenters. The van der Waals surface area contributed by atoms with Crippen LogP contribution in [-0.2, 0) is 16.5 Å². The van der Waals surface area contributed by atoms with Crippen LogP contribution in [0.15, 0.2) is 60.2 Å². The van der Waals surface area contributed by atoms with Crippen LogP contribution in [0, 0.1) is 0 Å². The number of hydrogen-bond acceptors (Lipinski definition) is 9. The molecule has 1 saturated heterocycles. The fourth-order valence-corrected chi connectivity index (χ4v) is 5.00. The molecule has 210 valence electrons. The number of allylic oxidation sites excluding steroid dienone is 2. The molecule has 2 aromatic heterocycles. The average molecular weight is 555 g/mol. The number of likely N-dealkylation sites (N-methyl/N-ethyl adjacent to an activating group) is 1. The van der Waals surface area contributed by atoms with Gasteiger partial charge in [-0.25, -0.2) is 9.97 Å². The highest BCUT2D eigenvalue weighted by atomic mass is 19.4. The molecule has 1 aliphatic heterocycles. The monoisotopic (exact) mass is 554 g/mol. The van der Waals surface area contributed by atoms with Crippen LogP contribution in [0.5, 0.6) is 0 Å². The number of nitrogen functional groups attached to an aromatic ring is 1. The summed E-state index contributed by atoms with van der Waals surface area (Å²) in [6.07, 6.45) is 1.18. The van der Waals surface area contributed by atoms with E-state index in [1.807, 2.05) is 11.9 Å². The molecule has 0 spiro atoms. The summed E-state index contributed by atoms with van der Waals surface area (Å²) in [6.45, 7) is 4.35. The third-order valence-corrected chi connectivity index (χ3v) is 7.35. The largest absolute Gasteiger partial charge is 0.416 e. The Bertz CT molecular complexity index is 1490. The number of anilines is 3. The summed E-state index contributed by atoms with van der Waals surface area (Å²) >= 11 is 0. The number of alkyl halides is 3. The number of halogens is 3. The van der Waals surface area contributed by atoms with E-state index in [4.69, 9.17) is 11.5 Å². The molecular formula is C26H29F3N10O. The van der Waals surface area contributed by atoms with E-state index < -0.39 is 23.2 Å². The number of hydrogen-bond donors (Lipinski definition) is 3. The van der Waals surface area contributed by atoms with Crippen LogP contribution in [0.4, 0.5) is 30.6 Å². The standard InChI is InChI=1S/C26H29F3N10O/c1-16-3-4-17(23(31)40)13-25(16,36-24-34-15-35-39(24)22-12-21(30)32-14-33-22)18-9-19(26(27,28)29)11-20(10-18)38-7-5-37(2)6-8-38/h3-4,9-12,14-15H,5-8,13H2,1-2H3,(H2,31,40)(H2,30,32,33)(H,34,35,36). The van der Waals surface area contributed by atoms with E-state index in [-0.39, 0.29) is 23.8 Å². The zero-order chi connectivity index (χ0) is 28.7. The molecule has 3 heterocycles. The van der Waals surface area contributed by atoms with Crippen LogP contribution in [0.2, 0.25) is 0 Å². The molecule has 2 aliphatic rings. The van der Waals surface area contributed by atoms with Gasteiger partial charge in [0.05, 0.1) is 11.1 Å². The number of rotatable bonds is 6. The topological polar surface area (TPSA) is 144 Å². The average Bonchev–Trinajstić information content (AvgIpc) is 3.37. The van der Waals surface area contributed by atoms with Gasteiger partial charge in [0.15, 0.2) is 5.82 Å². The van der Waals surface area contributed by atoms with Gasteiger partial charge >= 0.3 is 6.18 Å². The lowest BCUT2D eigenvalue weighted by Crippen LogP contribution is -2.45. The van der Waals surface area contributed by atoms with Crippen molar-refractivity contribution in [3.8, 4) is 5.82 Å². The second-order valence-electron chi connectivity index (χ2n) is 9.97. The Labute approximate surface area is 228 Å². The summed E-state index contributed by atoms with van der Waals surface area (Å²) in [6, 6.07) is 5.50. The maximum absolute atomic E-state index is 14.3. The number of nitrogens with zero attached hydrogens (tertiary/aromatic N) is 7. The van der Waals surface area contributed by atoms with Crippen molar-refractivity contribution in [2.75, 3.05) is 49.2 Å². The first kappa shape index (κ1) is 27.1. The van der Waals surface area contributed by atoms with Gasteiger partial charge in [-0.2, -0.15) is 27.9 Å². The molecule has 3 aromatic rings. The quantitative estimate of drug-likeness (QED) is 0.419. The van der Waals surface area contributed by atoms with E-state index in [0.717, 1.165) is 6.07 Å². The van der Waals surface area contributed by atoms with Crippen molar-refractivity contribution in [3.05, 3.63) is 71.3 Å². The zero-order valence-corrected chi connectivity index (χ0v) is 22.0. The fourth-order valence-electron chi connectivity index (χ4n) is 5.00. The summed E-state index contributed by atoms with van der Waals surface area (Å²) < 4.78 is 44.2. The Balaban J connectivity index is 1.68. The molecule has 5 N–H and O–H groups in total. The number of nitrogens with one attached hydrogen (secondary N) is 1. The van der Waals surface area contributed by atoms with Crippen LogP contribution in [-0.4, -0.2) is 68.8 Å². The summed E-state index contributed by atoms with van der Waals surface area (Å²) in [5.74, 6) is -0.00200. The van der Waals surface area contributed by atoms with Gasteiger partial charge in [0.25, 0.3) is 0 Å². The summed E-state index contributed by atoms with van der Waals surface area (Å²) in [5.41, 5.74) is 11.0. The van der Waals surface area contributed by atoms with Crippen LogP contribution in [0.3, 0.4) is 0 Å². The van der Waals surface area contributed by atoms with Crippen LogP contribution < -0.4 is 21.7 Å². The van der Waals surface area contributed by atoms with Crippen molar-refractivity contribution in [2.24, 2.45) is 5.73 Å². The molecule has 11 nitrogen and oxygen atoms in total. The summed E-state index contributed by atoms with van der Waals surface area (Å²) in [4.78, 5) is 28.8. The molecule has 0 saturated carbocycles. The Hall–Kier alpha value is -4.46. The smallest absolute Gasteiger partial charge is 0.384 e. The van der Waals surface area contributed by atoms with Crippen molar-refractivity contribution in [1.82, 2.24) is 29.6 Å². The lowest BCUT2D eigenvalue weighted by Gasteiger charge is -2.40. The van der Waals surface area contributed by atoms with Crippen molar-refractivity contribution < 1.29 is 18.0 Å². The maximum atomic E-state index is 14.3. The van der Waals surface area contributed by atoms with Crippen molar-refractivity contribution in [2.45, 2.75) is 25.1 Å². The first-order valence-electron chi connectivity index (χ1n) is 12.6. The minimum Gasteiger partial charge on any atom is -0.384 e. The second-order valence-corrected chi connectivity index (χ2v) is 9.97. The van der Waals surface area contributed by atoms with Crippen LogP contribution >= 0.6 is 0 Å². The molecule has 14 heteroatoms. The van der Waals surface area contributed by atoms with E-state index in [2.05, 4.69) is 30.3 Å². The summed E-state index contributed by atoms with van der Waals surface area (Å²) in [7, 11) is 1.98. The number of benzene rings is 1. The minimum absolute atomic E-state index is 0.0209. The SMILES string of the molecule is CC1=CC=C(C(N)=O)CC1(Nc1ncnn1-c1cc(N)ncn1)c1cc(N2CCN(C)CC2)cc(C(F)(F)F)c1. The summed E-state index contributed by atoms with van der Waals surface area (Å²) in [5, 5.41) is 7.54. The van der Waals surface area contributed by atoms with Gasteiger partial charge in [-0.1, -0.05) is 12.2 Å². The Morgan fingerprint density at radius 3 is 2.45 bits per heavy atom. The van der Waals surface area contributed by atoms with Crippen molar-refractivity contribution >= 4 is 23.4 Å². The number of nitrogens with two attached hydrogens (primary N) is 2. The molecule has 1 amide bonds. The van der Waals surface area contributed by atoms with Gasteiger partial charge < -0.3 is 26.6 Å². The number of piperazine rings is 1. The molecule has 1 aliphatic carbocycles. The highest BCUT2D eigenvalue weighted by Crippen LogP contribution is 2.44. The Kier molecular flexibility index (Phi) is 6.96.